The lowest BCUT2D eigenvalue weighted by atomic mass is 9.95. The Morgan fingerprint density at radius 2 is 1.86 bits per heavy atom. The van der Waals surface area contributed by atoms with Crippen LogP contribution in [-0.4, -0.2) is 13.7 Å². The Labute approximate surface area is 126 Å². The molecule has 0 radical (unpaired) electrons. The first-order chi connectivity index (χ1) is 10.0. The van der Waals surface area contributed by atoms with Crippen LogP contribution in [0.25, 0.3) is 0 Å². The monoisotopic (exact) mass is 287 g/mol. The molecule has 21 heavy (non-hydrogen) atoms. The van der Waals surface area contributed by atoms with E-state index in [-0.39, 0.29) is 11.9 Å². The van der Waals surface area contributed by atoms with Crippen LogP contribution >= 0.6 is 0 Å². The highest BCUT2D eigenvalue weighted by Gasteiger charge is 2.18. The molecule has 1 atom stereocenters. The van der Waals surface area contributed by atoms with Crippen LogP contribution in [0.5, 0.6) is 5.75 Å². The summed E-state index contributed by atoms with van der Waals surface area (Å²) in [6.07, 6.45) is 0. The SMILES string of the molecule is CCNC(c1cc(C)cc(F)c1)c1cc(C)ccc1OC. The number of halogens is 1. The Morgan fingerprint density at radius 1 is 1.10 bits per heavy atom. The molecule has 0 aliphatic rings. The van der Waals surface area contributed by atoms with Gasteiger partial charge in [0.1, 0.15) is 11.6 Å². The number of hydrogen-bond donors (Lipinski definition) is 1. The molecule has 112 valence electrons. The van der Waals surface area contributed by atoms with Gasteiger partial charge in [0.05, 0.1) is 13.2 Å². The van der Waals surface area contributed by atoms with Crippen LogP contribution in [0.15, 0.2) is 36.4 Å². The Morgan fingerprint density at radius 3 is 2.48 bits per heavy atom. The number of nitrogens with one attached hydrogen (secondary N) is 1. The van der Waals surface area contributed by atoms with E-state index in [9.17, 15) is 4.39 Å². The summed E-state index contributed by atoms with van der Waals surface area (Å²) in [6.45, 7) is 6.78. The lowest BCUT2D eigenvalue weighted by molar-refractivity contribution is 0.404. The largest absolute Gasteiger partial charge is 0.496 e. The highest BCUT2D eigenvalue weighted by atomic mass is 19.1. The molecule has 2 nitrogen and oxygen atoms in total. The van der Waals surface area contributed by atoms with E-state index >= 15 is 0 Å². The summed E-state index contributed by atoms with van der Waals surface area (Å²) in [4.78, 5) is 0. The van der Waals surface area contributed by atoms with Crippen molar-refractivity contribution in [1.82, 2.24) is 5.32 Å². The Kier molecular flexibility index (Phi) is 4.97. The number of methoxy groups -OCH3 is 1. The van der Waals surface area contributed by atoms with Gasteiger partial charge in [-0.25, -0.2) is 4.39 Å². The third-order valence-electron chi connectivity index (χ3n) is 3.50. The van der Waals surface area contributed by atoms with Crippen LogP contribution in [-0.2, 0) is 0 Å². The van der Waals surface area contributed by atoms with Crippen LogP contribution in [0.3, 0.4) is 0 Å². The molecule has 0 heterocycles. The zero-order valence-electron chi connectivity index (χ0n) is 13.0. The minimum Gasteiger partial charge on any atom is -0.496 e. The number of ether oxygens (including phenoxy) is 1. The number of hydrogen-bond acceptors (Lipinski definition) is 2. The van der Waals surface area contributed by atoms with Crippen LogP contribution < -0.4 is 10.1 Å². The zero-order chi connectivity index (χ0) is 15.4. The van der Waals surface area contributed by atoms with Crippen molar-refractivity contribution in [2.24, 2.45) is 0 Å². The molecular weight excluding hydrogens is 265 g/mol. The van der Waals surface area contributed by atoms with Crippen molar-refractivity contribution in [3.05, 3.63) is 64.5 Å². The summed E-state index contributed by atoms with van der Waals surface area (Å²) in [7, 11) is 1.66. The standard InChI is InChI=1S/C18H22FNO/c1-5-20-18(14-8-13(3)9-15(19)11-14)16-10-12(2)6-7-17(16)21-4/h6-11,18,20H,5H2,1-4H3. The normalized spacial score (nSPS) is 12.2. The summed E-state index contributed by atoms with van der Waals surface area (Å²) >= 11 is 0. The van der Waals surface area contributed by atoms with E-state index < -0.39 is 0 Å². The van der Waals surface area contributed by atoms with Crippen LogP contribution in [0.1, 0.15) is 35.2 Å². The van der Waals surface area contributed by atoms with Crippen LogP contribution in [0.4, 0.5) is 4.39 Å². The van der Waals surface area contributed by atoms with Gasteiger partial charge in [-0.1, -0.05) is 30.7 Å². The molecule has 0 aliphatic heterocycles. The molecule has 2 aromatic rings. The minimum absolute atomic E-state index is 0.0840. The molecule has 0 aliphatic carbocycles. The fraction of sp³-hybridized carbons (Fsp3) is 0.333. The number of rotatable bonds is 5. The van der Waals surface area contributed by atoms with E-state index in [4.69, 9.17) is 4.74 Å². The average Bonchev–Trinajstić information content (AvgIpc) is 2.43. The van der Waals surface area contributed by atoms with Crippen molar-refractivity contribution >= 4 is 0 Å². The molecule has 1 unspecified atom stereocenters. The first-order valence-electron chi connectivity index (χ1n) is 7.20. The van der Waals surface area contributed by atoms with E-state index in [1.165, 1.54) is 0 Å². The van der Waals surface area contributed by atoms with Gasteiger partial charge in [-0.15, -0.1) is 0 Å². The minimum atomic E-state index is -0.209. The molecule has 0 amide bonds. The summed E-state index contributed by atoms with van der Waals surface area (Å²) < 4.78 is 19.2. The smallest absolute Gasteiger partial charge is 0.123 e. The molecule has 2 rings (SSSR count). The molecule has 0 spiro atoms. The van der Waals surface area contributed by atoms with E-state index in [0.29, 0.717) is 0 Å². The maximum Gasteiger partial charge on any atom is 0.123 e. The second-order valence-corrected chi connectivity index (χ2v) is 5.30. The average molecular weight is 287 g/mol. The zero-order valence-corrected chi connectivity index (χ0v) is 13.0. The van der Waals surface area contributed by atoms with Crippen molar-refractivity contribution in [1.29, 1.82) is 0 Å². The number of benzene rings is 2. The Bertz CT molecular complexity index is 604. The highest BCUT2D eigenvalue weighted by Crippen LogP contribution is 2.31. The lowest BCUT2D eigenvalue weighted by Gasteiger charge is -2.22. The molecule has 0 saturated heterocycles. The lowest BCUT2D eigenvalue weighted by Crippen LogP contribution is -2.23. The van der Waals surface area contributed by atoms with Crippen LogP contribution in [0.2, 0.25) is 0 Å². The van der Waals surface area contributed by atoms with Crippen LogP contribution in [0, 0.1) is 19.7 Å². The second kappa shape index (κ2) is 6.72. The third kappa shape index (κ3) is 3.61. The fourth-order valence-corrected chi connectivity index (χ4v) is 2.62. The first kappa shape index (κ1) is 15.5. The third-order valence-corrected chi connectivity index (χ3v) is 3.50. The van der Waals surface area contributed by atoms with Crippen molar-refractivity contribution in [2.75, 3.05) is 13.7 Å². The summed E-state index contributed by atoms with van der Waals surface area (Å²) in [5.74, 6) is 0.605. The second-order valence-electron chi connectivity index (χ2n) is 5.30. The van der Waals surface area contributed by atoms with Gasteiger partial charge in [0, 0.05) is 5.56 Å². The molecule has 1 N–H and O–H groups in total. The van der Waals surface area contributed by atoms with Gasteiger partial charge >= 0.3 is 0 Å². The predicted molar refractivity (Wildman–Crippen MR) is 84.4 cm³/mol. The van der Waals surface area contributed by atoms with E-state index in [1.54, 1.807) is 19.2 Å². The van der Waals surface area contributed by atoms with Gasteiger partial charge in [-0.3, -0.25) is 0 Å². The molecule has 0 aromatic heterocycles. The number of aryl methyl sites for hydroxylation is 2. The molecule has 2 aromatic carbocycles. The van der Waals surface area contributed by atoms with Crippen molar-refractivity contribution in [3.8, 4) is 5.75 Å². The molecule has 3 heteroatoms. The van der Waals surface area contributed by atoms with E-state index in [0.717, 1.165) is 34.5 Å². The Balaban J connectivity index is 2.55. The van der Waals surface area contributed by atoms with E-state index in [1.807, 2.05) is 39.0 Å². The fourth-order valence-electron chi connectivity index (χ4n) is 2.62. The molecule has 0 saturated carbocycles. The van der Waals surface area contributed by atoms with Gasteiger partial charge in [-0.05, 0) is 49.7 Å². The predicted octanol–water partition coefficient (Wildman–Crippen LogP) is 4.15. The van der Waals surface area contributed by atoms with Crippen molar-refractivity contribution < 1.29 is 9.13 Å². The maximum absolute atomic E-state index is 13.7. The summed E-state index contributed by atoms with van der Waals surface area (Å²) in [5.41, 5.74) is 4.02. The Hall–Kier alpha value is -1.87. The first-order valence-corrected chi connectivity index (χ1v) is 7.20. The molecular formula is C18H22FNO. The quantitative estimate of drug-likeness (QED) is 0.892. The van der Waals surface area contributed by atoms with Crippen molar-refractivity contribution in [3.63, 3.8) is 0 Å². The topological polar surface area (TPSA) is 21.3 Å². The molecule has 0 fully saturated rings. The maximum atomic E-state index is 13.7. The van der Waals surface area contributed by atoms with Crippen molar-refractivity contribution in [2.45, 2.75) is 26.8 Å². The van der Waals surface area contributed by atoms with Gasteiger partial charge in [0.15, 0.2) is 0 Å². The highest BCUT2D eigenvalue weighted by molar-refractivity contribution is 5.44. The summed E-state index contributed by atoms with van der Waals surface area (Å²) in [6, 6.07) is 11.1. The van der Waals surface area contributed by atoms with Gasteiger partial charge < -0.3 is 10.1 Å². The molecule has 0 bridgehead atoms. The van der Waals surface area contributed by atoms with Gasteiger partial charge in [-0.2, -0.15) is 0 Å². The van der Waals surface area contributed by atoms with Gasteiger partial charge in [0.25, 0.3) is 0 Å². The van der Waals surface area contributed by atoms with Gasteiger partial charge in [0.2, 0.25) is 0 Å². The van der Waals surface area contributed by atoms with E-state index in [2.05, 4.69) is 11.4 Å². The summed E-state index contributed by atoms with van der Waals surface area (Å²) in [5, 5.41) is 3.42.